The average molecular weight is 387 g/mol. The summed E-state index contributed by atoms with van der Waals surface area (Å²) in [5.74, 6) is -1.01. The number of hydrogen-bond acceptors (Lipinski definition) is 3. The minimum absolute atomic E-state index is 0.0323. The molecule has 1 aliphatic rings. The number of carbonyl (C=O) groups excluding carboxylic acids is 1. The molecule has 2 rings (SSSR count). The molecule has 1 aliphatic heterocycles. The number of hydrogen-bond donors (Lipinski definition) is 1. The lowest BCUT2D eigenvalue weighted by atomic mass is 10.1. The third kappa shape index (κ3) is 4.57. The molecule has 0 atom stereocenters. The van der Waals surface area contributed by atoms with Crippen LogP contribution in [0, 0.1) is 0 Å². The van der Waals surface area contributed by atoms with Crippen LogP contribution in [0.5, 0.6) is 0 Å². The lowest BCUT2D eigenvalue weighted by molar-refractivity contribution is -0.137. The highest BCUT2D eigenvalue weighted by atomic mass is 79.9. The molecule has 0 unspecified atom stereocenters. The highest BCUT2D eigenvalue weighted by Gasteiger charge is 2.29. The van der Waals surface area contributed by atoms with E-state index < -0.39 is 5.97 Å². The highest BCUT2D eigenvalue weighted by Crippen LogP contribution is 2.24. The number of nitrogens with zero attached hydrogens (tertiary/aromatic N) is 2. The lowest BCUT2D eigenvalue weighted by Crippen LogP contribution is -2.45. The van der Waals surface area contributed by atoms with Crippen LogP contribution in [-0.4, -0.2) is 52.3 Å². The van der Waals surface area contributed by atoms with Gasteiger partial charge in [-0.3, -0.25) is 9.59 Å². The van der Waals surface area contributed by atoms with Gasteiger partial charge in [-0.25, -0.2) is 0 Å². The van der Waals surface area contributed by atoms with Gasteiger partial charge in [-0.1, -0.05) is 0 Å². The summed E-state index contributed by atoms with van der Waals surface area (Å²) in [7, 11) is 0. The van der Waals surface area contributed by atoms with Crippen molar-refractivity contribution in [1.29, 1.82) is 0 Å². The summed E-state index contributed by atoms with van der Waals surface area (Å²) in [5, 5.41) is 8.98. The van der Waals surface area contributed by atoms with Gasteiger partial charge in [-0.2, -0.15) is 0 Å². The largest absolute Gasteiger partial charge is 0.481 e. The molecule has 1 aromatic rings. The zero-order chi connectivity index (χ0) is 17.0. The van der Waals surface area contributed by atoms with Crippen molar-refractivity contribution in [3.8, 4) is 0 Å². The van der Waals surface area contributed by atoms with E-state index in [2.05, 4.69) is 15.9 Å². The molecule has 0 bridgehead atoms. The monoisotopic (exact) mass is 386 g/mol. The molecule has 6 nitrogen and oxygen atoms in total. The van der Waals surface area contributed by atoms with Crippen LogP contribution in [-0.2, 0) is 9.53 Å². The Labute approximate surface area is 144 Å². The van der Waals surface area contributed by atoms with Crippen LogP contribution in [0.1, 0.15) is 49.6 Å². The van der Waals surface area contributed by atoms with E-state index in [1.165, 1.54) is 0 Å². The molecule has 1 aromatic heterocycles. The number of carboxylic acids is 1. The third-order valence-electron chi connectivity index (χ3n) is 4.05. The van der Waals surface area contributed by atoms with Crippen LogP contribution in [0.2, 0.25) is 0 Å². The maximum absolute atomic E-state index is 13.0. The molecule has 1 amide bonds. The van der Waals surface area contributed by atoms with Crippen LogP contribution < -0.4 is 0 Å². The van der Waals surface area contributed by atoms with E-state index in [0.29, 0.717) is 18.9 Å². The number of rotatable bonds is 6. The molecule has 0 aromatic carbocycles. The normalized spacial score (nSPS) is 15.8. The summed E-state index contributed by atoms with van der Waals surface area (Å²) in [6.45, 7) is 5.46. The summed E-state index contributed by atoms with van der Waals surface area (Å²) in [4.78, 5) is 25.7. The first-order valence-electron chi connectivity index (χ1n) is 7.88. The van der Waals surface area contributed by atoms with Gasteiger partial charge in [0.05, 0.1) is 6.42 Å². The van der Waals surface area contributed by atoms with Gasteiger partial charge in [0.1, 0.15) is 5.69 Å². The van der Waals surface area contributed by atoms with Crippen molar-refractivity contribution >= 4 is 27.8 Å². The Morgan fingerprint density at radius 1 is 1.43 bits per heavy atom. The average Bonchev–Trinajstić information content (AvgIpc) is 2.90. The number of aliphatic carboxylic acids is 1. The predicted molar refractivity (Wildman–Crippen MR) is 89.6 cm³/mol. The van der Waals surface area contributed by atoms with Gasteiger partial charge in [-0.05, 0) is 48.7 Å². The zero-order valence-corrected chi connectivity index (χ0v) is 15.1. The fourth-order valence-corrected chi connectivity index (χ4v) is 3.29. The van der Waals surface area contributed by atoms with E-state index >= 15 is 0 Å². The second-order valence-corrected chi connectivity index (χ2v) is 6.95. The number of carboxylic acid groups (broad SMARTS) is 1. The zero-order valence-electron chi connectivity index (χ0n) is 13.5. The number of halogens is 1. The quantitative estimate of drug-likeness (QED) is 0.815. The van der Waals surface area contributed by atoms with Crippen molar-refractivity contribution in [3.63, 3.8) is 0 Å². The van der Waals surface area contributed by atoms with Crippen LogP contribution in [0.3, 0.4) is 0 Å². The Morgan fingerprint density at radius 2 is 2.09 bits per heavy atom. The molecule has 2 heterocycles. The lowest BCUT2D eigenvalue weighted by Gasteiger charge is -2.34. The number of ether oxygens (including phenoxy) is 1. The molecular weight excluding hydrogens is 364 g/mol. The predicted octanol–water partition coefficient (Wildman–Crippen LogP) is 2.93. The van der Waals surface area contributed by atoms with Crippen LogP contribution in [0.15, 0.2) is 16.7 Å². The molecule has 0 spiro atoms. The van der Waals surface area contributed by atoms with Crippen molar-refractivity contribution < 1.29 is 19.4 Å². The van der Waals surface area contributed by atoms with Gasteiger partial charge in [-0.15, -0.1) is 0 Å². The molecule has 1 fully saturated rings. The topological polar surface area (TPSA) is 71.8 Å². The second-order valence-electron chi connectivity index (χ2n) is 6.03. The standard InChI is InChI=1S/C16H23BrN2O4/c1-11(2)19-10-12(17)9-14(19)16(22)18(6-3-15(20)21)13-4-7-23-8-5-13/h9-11,13H,3-8H2,1-2H3,(H,20,21). The van der Waals surface area contributed by atoms with Crippen LogP contribution in [0.25, 0.3) is 0 Å². The minimum atomic E-state index is -0.893. The van der Waals surface area contributed by atoms with E-state index in [9.17, 15) is 9.59 Å². The Bertz CT molecular complexity index is 564. The molecule has 23 heavy (non-hydrogen) atoms. The first-order valence-corrected chi connectivity index (χ1v) is 8.67. The highest BCUT2D eigenvalue weighted by molar-refractivity contribution is 9.10. The van der Waals surface area contributed by atoms with Gasteiger partial charge < -0.3 is 19.3 Å². The Balaban J connectivity index is 2.26. The second kappa shape index (κ2) is 7.97. The van der Waals surface area contributed by atoms with E-state index in [1.807, 2.05) is 24.6 Å². The molecule has 1 saturated heterocycles. The molecule has 128 valence electrons. The summed E-state index contributed by atoms with van der Waals surface area (Å²) in [5.41, 5.74) is 0.587. The fraction of sp³-hybridized carbons (Fsp3) is 0.625. The van der Waals surface area contributed by atoms with Crippen molar-refractivity contribution in [2.45, 2.75) is 45.2 Å². The number of aromatic nitrogens is 1. The first-order chi connectivity index (χ1) is 10.9. The minimum Gasteiger partial charge on any atom is -0.481 e. The number of carbonyl (C=O) groups is 2. The van der Waals surface area contributed by atoms with Crippen molar-refractivity contribution in [1.82, 2.24) is 9.47 Å². The van der Waals surface area contributed by atoms with Crippen molar-refractivity contribution in [3.05, 3.63) is 22.4 Å². The summed E-state index contributed by atoms with van der Waals surface area (Å²) in [6, 6.07) is 1.98. The van der Waals surface area contributed by atoms with Crippen molar-refractivity contribution in [2.75, 3.05) is 19.8 Å². The Hall–Kier alpha value is -1.34. The molecule has 0 aliphatic carbocycles. The SMILES string of the molecule is CC(C)n1cc(Br)cc1C(=O)N(CCC(=O)O)C1CCOCC1. The van der Waals surface area contributed by atoms with E-state index in [4.69, 9.17) is 9.84 Å². The van der Waals surface area contributed by atoms with Gasteiger partial charge in [0.25, 0.3) is 5.91 Å². The van der Waals surface area contributed by atoms with Crippen LogP contribution in [0.4, 0.5) is 0 Å². The van der Waals surface area contributed by atoms with E-state index in [1.54, 1.807) is 11.0 Å². The molecule has 1 N–H and O–H groups in total. The number of amides is 1. The Morgan fingerprint density at radius 3 is 2.65 bits per heavy atom. The summed E-state index contributed by atoms with van der Waals surface area (Å²) >= 11 is 3.42. The Kier molecular flexibility index (Phi) is 6.24. The fourth-order valence-electron chi connectivity index (χ4n) is 2.85. The first kappa shape index (κ1) is 18.0. The van der Waals surface area contributed by atoms with E-state index in [-0.39, 0.29) is 31.0 Å². The van der Waals surface area contributed by atoms with Gasteiger partial charge in [0, 0.05) is 42.5 Å². The van der Waals surface area contributed by atoms with E-state index in [0.717, 1.165) is 17.3 Å². The van der Waals surface area contributed by atoms with Crippen LogP contribution >= 0.6 is 15.9 Å². The molecular formula is C16H23BrN2O4. The maximum atomic E-state index is 13.0. The molecule has 0 radical (unpaired) electrons. The summed E-state index contributed by atoms with van der Waals surface area (Å²) in [6.07, 6.45) is 3.33. The van der Waals surface area contributed by atoms with Gasteiger partial charge in [0.15, 0.2) is 0 Å². The smallest absolute Gasteiger partial charge is 0.305 e. The maximum Gasteiger partial charge on any atom is 0.305 e. The third-order valence-corrected chi connectivity index (χ3v) is 4.48. The van der Waals surface area contributed by atoms with Gasteiger partial charge in [0.2, 0.25) is 0 Å². The van der Waals surface area contributed by atoms with Gasteiger partial charge >= 0.3 is 5.97 Å². The summed E-state index contributed by atoms with van der Waals surface area (Å²) < 4.78 is 8.12. The molecule has 0 saturated carbocycles. The molecule has 7 heteroatoms. The van der Waals surface area contributed by atoms with Crippen molar-refractivity contribution in [2.24, 2.45) is 0 Å².